The Morgan fingerprint density at radius 2 is 2.07 bits per heavy atom. The van der Waals surface area contributed by atoms with Crippen molar-refractivity contribution in [2.24, 2.45) is 0 Å². The highest BCUT2D eigenvalue weighted by atomic mass is 32.2. The molecule has 0 radical (unpaired) electrons. The maximum atomic E-state index is 12.1. The first kappa shape index (κ1) is 20.2. The highest BCUT2D eigenvalue weighted by Crippen LogP contribution is 2.27. The first-order valence-electron chi connectivity index (χ1n) is 9.22. The molecule has 2 N–H and O–H groups in total. The zero-order chi connectivity index (χ0) is 21.1. The van der Waals surface area contributed by atoms with E-state index in [1.54, 1.807) is 0 Å². The van der Waals surface area contributed by atoms with Gasteiger partial charge in [0.25, 0.3) is 5.56 Å². The molecule has 4 aromatic rings. The van der Waals surface area contributed by atoms with E-state index in [4.69, 9.17) is 4.74 Å². The van der Waals surface area contributed by atoms with Crippen molar-refractivity contribution in [3.63, 3.8) is 0 Å². The third-order valence-electron chi connectivity index (χ3n) is 4.06. The van der Waals surface area contributed by atoms with Gasteiger partial charge in [0.1, 0.15) is 16.3 Å². The van der Waals surface area contributed by atoms with Gasteiger partial charge in [0.2, 0.25) is 11.9 Å². The number of rotatable bonds is 7. The van der Waals surface area contributed by atoms with Crippen LogP contribution in [0.3, 0.4) is 0 Å². The smallest absolute Gasteiger partial charge is 0.252 e. The summed E-state index contributed by atoms with van der Waals surface area (Å²) in [5.41, 5.74) is 1.86. The third-order valence-corrected chi connectivity index (χ3v) is 6.06. The number of nitrogens with one attached hydrogen (secondary N) is 2. The number of ether oxygens (including phenoxy) is 1. The van der Waals surface area contributed by atoms with Crippen LogP contribution in [0.4, 0.5) is 11.9 Å². The number of aromatic amines is 1. The van der Waals surface area contributed by atoms with E-state index >= 15 is 0 Å². The van der Waals surface area contributed by atoms with Crippen LogP contribution in [0.25, 0.3) is 10.9 Å². The molecule has 4 rings (SSSR count). The van der Waals surface area contributed by atoms with Crippen LogP contribution in [0.2, 0.25) is 0 Å². The van der Waals surface area contributed by atoms with Gasteiger partial charge in [-0.3, -0.25) is 15.1 Å². The van der Waals surface area contributed by atoms with Crippen LogP contribution < -0.4 is 15.6 Å². The predicted octanol–water partition coefficient (Wildman–Crippen LogP) is 3.62. The summed E-state index contributed by atoms with van der Waals surface area (Å²) in [7, 11) is 0. The van der Waals surface area contributed by atoms with Gasteiger partial charge in [0.05, 0.1) is 18.0 Å². The minimum Gasteiger partial charge on any atom is -0.492 e. The molecule has 1 aromatic carbocycles. The lowest BCUT2D eigenvalue weighted by molar-refractivity contribution is 0.343. The van der Waals surface area contributed by atoms with Crippen molar-refractivity contribution in [3.05, 3.63) is 51.0 Å². The summed E-state index contributed by atoms with van der Waals surface area (Å²) in [6.45, 7) is 6.26. The summed E-state index contributed by atoms with van der Waals surface area (Å²) in [6.07, 6.45) is 0. The average Bonchev–Trinajstić information content (AvgIpc) is 3.12. The molecule has 0 saturated heterocycles. The summed E-state index contributed by atoms with van der Waals surface area (Å²) < 4.78 is 6.52. The maximum absolute atomic E-state index is 12.1. The number of anilines is 2. The molecule has 0 unspecified atom stereocenters. The molecule has 0 aliphatic heterocycles. The van der Waals surface area contributed by atoms with Gasteiger partial charge in [-0.05, 0) is 26.8 Å². The molecule has 0 aliphatic rings. The van der Waals surface area contributed by atoms with E-state index in [9.17, 15) is 4.79 Å². The van der Waals surface area contributed by atoms with Gasteiger partial charge in [-0.15, -0.1) is 10.2 Å². The van der Waals surface area contributed by atoms with Crippen LogP contribution in [-0.4, -0.2) is 36.7 Å². The zero-order valence-electron chi connectivity index (χ0n) is 16.6. The summed E-state index contributed by atoms with van der Waals surface area (Å²) >= 11 is 2.99. The molecule has 0 spiro atoms. The second-order valence-electron chi connectivity index (χ2n) is 6.30. The van der Waals surface area contributed by atoms with Crippen molar-refractivity contribution in [2.75, 3.05) is 11.9 Å². The van der Waals surface area contributed by atoms with E-state index in [0.29, 0.717) is 35.3 Å². The van der Waals surface area contributed by atoms with Crippen LogP contribution in [0.1, 0.15) is 23.3 Å². The molecule has 9 nitrogen and oxygen atoms in total. The van der Waals surface area contributed by atoms with E-state index in [0.717, 1.165) is 20.4 Å². The number of thioether (sulfide) groups is 1. The highest BCUT2D eigenvalue weighted by Gasteiger charge is 2.11. The summed E-state index contributed by atoms with van der Waals surface area (Å²) in [4.78, 5) is 28.3. The number of aryl methyl sites for hydroxylation is 2. The van der Waals surface area contributed by atoms with Gasteiger partial charge < -0.3 is 4.74 Å². The van der Waals surface area contributed by atoms with E-state index in [-0.39, 0.29) is 11.5 Å². The van der Waals surface area contributed by atoms with Crippen molar-refractivity contribution in [2.45, 2.75) is 30.9 Å². The Kier molecular flexibility index (Phi) is 5.91. The molecule has 0 saturated carbocycles. The van der Waals surface area contributed by atoms with Crippen LogP contribution >= 0.6 is 23.1 Å². The molecular formula is C19H19N7O2S2. The fourth-order valence-corrected chi connectivity index (χ4v) is 4.53. The van der Waals surface area contributed by atoms with Gasteiger partial charge in [-0.1, -0.05) is 35.2 Å². The van der Waals surface area contributed by atoms with E-state index in [1.807, 2.05) is 39.0 Å². The minimum atomic E-state index is -0.260. The largest absolute Gasteiger partial charge is 0.492 e. The average molecular weight is 442 g/mol. The molecule has 154 valence electrons. The molecule has 30 heavy (non-hydrogen) atoms. The normalized spacial score (nSPS) is 11.0. The molecule has 0 bridgehead atoms. The second-order valence-corrected chi connectivity index (χ2v) is 8.71. The molecule has 0 atom stereocenters. The van der Waals surface area contributed by atoms with Gasteiger partial charge in [-0.25, -0.2) is 15.0 Å². The van der Waals surface area contributed by atoms with Gasteiger partial charge in [-0.2, -0.15) is 0 Å². The lowest BCUT2D eigenvalue weighted by atomic mass is 10.2. The summed E-state index contributed by atoms with van der Waals surface area (Å²) in [6, 6.07) is 7.20. The number of H-pyrrole nitrogens is 1. The topological polar surface area (TPSA) is 119 Å². The third kappa shape index (κ3) is 4.57. The lowest BCUT2D eigenvalue weighted by Crippen LogP contribution is -2.13. The number of hydrogen-bond acceptors (Lipinski definition) is 10. The highest BCUT2D eigenvalue weighted by molar-refractivity contribution is 8.00. The Hall–Kier alpha value is -3.05. The fourth-order valence-electron chi connectivity index (χ4n) is 2.83. The monoisotopic (exact) mass is 441 g/mol. The molecule has 11 heteroatoms. The number of hydrogen-bond donors (Lipinski definition) is 2. The van der Waals surface area contributed by atoms with Gasteiger partial charge in [0, 0.05) is 17.2 Å². The van der Waals surface area contributed by atoms with Gasteiger partial charge in [0.15, 0.2) is 4.34 Å². The lowest BCUT2D eigenvalue weighted by Gasteiger charge is -2.11. The number of para-hydroxylation sites is 1. The Morgan fingerprint density at radius 1 is 1.20 bits per heavy atom. The van der Waals surface area contributed by atoms with E-state index < -0.39 is 0 Å². The van der Waals surface area contributed by atoms with Crippen molar-refractivity contribution >= 4 is 45.9 Å². The fraction of sp³-hybridized carbons (Fsp3) is 0.263. The summed E-state index contributed by atoms with van der Waals surface area (Å²) in [5.74, 6) is 1.79. The predicted molar refractivity (Wildman–Crippen MR) is 118 cm³/mol. The Morgan fingerprint density at radius 3 is 2.83 bits per heavy atom. The molecular weight excluding hydrogens is 422 g/mol. The van der Waals surface area contributed by atoms with Crippen molar-refractivity contribution < 1.29 is 4.74 Å². The summed E-state index contributed by atoms with van der Waals surface area (Å²) in [5, 5.41) is 12.9. The number of nitrogens with zero attached hydrogens (tertiary/aromatic N) is 5. The van der Waals surface area contributed by atoms with Crippen LogP contribution in [0.5, 0.6) is 5.75 Å². The number of benzene rings is 1. The maximum Gasteiger partial charge on any atom is 0.252 e. The quantitative estimate of drug-likeness (QED) is 0.414. The zero-order valence-corrected chi connectivity index (χ0v) is 18.2. The molecule has 0 amide bonds. The molecule has 3 aromatic heterocycles. The number of aromatic nitrogens is 6. The van der Waals surface area contributed by atoms with Gasteiger partial charge >= 0.3 is 0 Å². The Bertz CT molecular complexity index is 1260. The van der Waals surface area contributed by atoms with Crippen LogP contribution in [-0.2, 0) is 5.75 Å². The molecule has 3 heterocycles. The van der Waals surface area contributed by atoms with E-state index in [2.05, 4.69) is 35.5 Å². The Labute approximate surface area is 180 Å². The number of fused-ring (bicyclic) bond motifs is 1. The standard InChI is InChI=1S/C19H19N7O2S2/c1-4-28-14-7-5-6-13-10(2)20-17(23-16(13)14)24-18-21-12(8-15(27)22-18)9-29-19-26-25-11(3)30-19/h5-8H,4,9H2,1-3H3,(H2,20,21,22,23,24,27). The van der Waals surface area contributed by atoms with Crippen LogP contribution in [0, 0.1) is 13.8 Å². The Balaban J connectivity index is 1.60. The SMILES string of the molecule is CCOc1cccc2c(C)nc(Nc3nc(CSc4nnc(C)s4)cc(=O)[nH]3)nc12. The first-order chi connectivity index (χ1) is 14.5. The van der Waals surface area contributed by atoms with Crippen LogP contribution in [0.15, 0.2) is 33.4 Å². The first-order valence-corrected chi connectivity index (χ1v) is 11.0. The van der Waals surface area contributed by atoms with E-state index in [1.165, 1.54) is 29.2 Å². The minimum absolute atomic E-state index is 0.260. The van der Waals surface area contributed by atoms with Crippen molar-refractivity contribution in [1.29, 1.82) is 0 Å². The molecule has 0 fully saturated rings. The van der Waals surface area contributed by atoms with Crippen molar-refractivity contribution in [1.82, 2.24) is 30.1 Å². The molecule has 0 aliphatic carbocycles. The second kappa shape index (κ2) is 8.76. The van der Waals surface area contributed by atoms with Crippen molar-refractivity contribution in [3.8, 4) is 5.75 Å².